The molecule has 0 spiro atoms. The van der Waals surface area contributed by atoms with Gasteiger partial charge in [0.15, 0.2) is 5.78 Å². The summed E-state index contributed by atoms with van der Waals surface area (Å²) in [4.78, 5) is 22.1. The number of rotatable bonds is 0. The van der Waals surface area contributed by atoms with Gasteiger partial charge in [0.05, 0.1) is 83.2 Å². The molecule has 6 aromatic rings. The third-order valence-corrected chi connectivity index (χ3v) is 11.1. The van der Waals surface area contributed by atoms with Crippen molar-refractivity contribution in [2.75, 3.05) is 66.1 Å². The molecule has 0 saturated carbocycles. The van der Waals surface area contributed by atoms with Gasteiger partial charge in [-0.15, -0.1) is 0 Å². The first kappa shape index (κ1) is 45.7. The number of carbonyl (C=O) groups is 1. The van der Waals surface area contributed by atoms with Crippen LogP contribution in [0.5, 0.6) is 0 Å². The summed E-state index contributed by atoms with van der Waals surface area (Å²) in [7, 11) is 0. The first-order valence-corrected chi connectivity index (χ1v) is 22.3. The van der Waals surface area contributed by atoms with Gasteiger partial charge >= 0.3 is 0 Å². The highest BCUT2D eigenvalue weighted by atomic mass is 16.5. The van der Waals surface area contributed by atoms with Crippen molar-refractivity contribution in [3.8, 4) is 22.5 Å². The van der Waals surface area contributed by atoms with Crippen LogP contribution in [0.4, 0.5) is 0 Å². The molecule has 1 N–H and O–H groups in total. The molecule has 330 valence electrons. The third kappa shape index (κ3) is 13.6. The van der Waals surface area contributed by atoms with E-state index in [9.17, 15) is 9.90 Å². The molecular weight excluding hydrogens is 793 g/mol. The number of ketones is 1. The minimum atomic E-state index is -0.118. The highest BCUT2D eigenvalue weighted by molar-refractivity contribution is 5.97. The topological polar surface area (TPSA) is 118 Å². The monoisotopic (exact) mass is 852 g/mol. The van der Waals surface area contributed by atoms with Gasteiger partial charge in [-0.1, -0.05) is 59.7 Å². The quantitative estimate of drug-likeness (QED) is 0.158. The number of ether oxygens (including phenoxy) is 6. The molecule has 63 heavy (non-hydrogen) atoms. The molecular formula is C53H60N2O8. The lowest BCUT2D eigenvalue weighted by atomic mass is 9.97. The molecule has 0 fully saturated rings. The van der Waals surface area contributed by atoms with Gasteiger partial charge in [-0.2, -0.15) is 0 Å². The number of hydrogen-bond donors (Lipinski definition) is 1. The van der Waals surface area contributed by atoms with Crippen LogP contribution in [0.15, 0.2) is 109 Å². The second-order valence-electron chi connectivity index (χ2n) is 16.1. The van der Waals surface area contributed by atoms with Crippen LogP contribution in [-0.2, 0) is 59.3 Å². The molecule has 1 aliphatic rings. The predicted octanol–water partition coefficient (Wildman–Crippen LogP) is 10.2. The number of aromatic nitrogens is 2. The van der Waals surface area contributed by atoms with Crippen molar-refractivity contribution < 1.29 is 38.3 Å². The summed E-state index contributed by atoms with van der Waals surface area (Å²) in [5, 5.41) is 14.7. The molecule has 0 unspecified atom stereocenters. The lowest BCUT2D eigenvalue weighted by molar-refractivity contribution is -0.115. The van der Waals surface area contributed by atoms with E-state index in [4.69, 9.17) is 38.4 Å². The Hall–Kier alpha value is -5.33. The molecule has 1 aliphatic heterocycles. The maximum atomic E-state index is 12.4. The smallest absolute Gasteiger partial charge is 0.159 e. The molecule has 10 heteroatoms. The minimum absolute atomic E-state index is 0.0698. The highest BCUT2D eigenvalue weighted by Crippen LogP contribution is 2.32. The van der Waals surface area contributed by atoms with Crippen molar-refractivity contribution >= 4 is 27.3 Å². The number of fused-ring (bicyclic) bond motifs is 6. The van der Waals surface area contributed by atoms with Crippen LogP contribution in [0, 0.1) is 13.8 Å². The minimum Gasteiger partial charge on any atom is -0.512 e. The molecule has 0 saturated heterocycles. The van der Waals surface area contributed by atoms with Gasteiger partial charge in [0.25, 0.3) is 0 Å². The Morgan fingerprint density at radius 2 is 0.937 bits per heavy atom. The van der Waals surface area contributed by atoms with E-state index in [-0.39, 0.29) is 11.5 Å². The van der Waals surface area contributed by atoms with E-state index in [1.165, 1.54) is 28.3 Å². The van der Waals surface area contributed by atoms with Crippen molar-refractivity contribution in [3.05, 3.63) is 143 Å². The normalized spacial score (nSPS) is 17.0. The maximum Gasteiger partial charge on any atom is 0.159 e. The number of pyridine rings is 2. The van der Waals surface area contributed by atoms with Crippen molar-refractivity contribution in [1.82, 2.24) is 9.97 Å². The summed E-state index contributed by atoms with van der Waals surface area (Å²) in [6, 6.07) is 29.9. The zero-order chi connectivity index (χ0) is 43.6. The first-order valence-electron chi connectivity index (χ1n) is 22.3. The number of aliphatic hydroxyl groups excluding tert-OH is 1. The van der Waals surface area contributed by atoms with Crippen molar-refractivity contribution in [2.45, 2.75) is 65.6 Å². The van der Waals surface area contributed by atoms with Gasteiger partial charge in [-0.25, -0.2) is 0 Å². The second-order valence-corrected chi connectivity index (χ2v) is 16.1. The fourth-order valence-corrected chi connectivity index (χ4v) is 8.08. The Bertz CT molecular complexity index is 2460. The Kier molecular flexibility index (Phi) is 17.4. The van der Waals surface area contributed by atoms with E-state index in [1.54, 1.807) is 0 Å². The van der Waals surface area contributed by atoms with Gasteiger partial charge in [0.1, 0.15) is 0 Å². The number of nitrogens with zero attached hydrogens (tertiary/aromatic N) is 2. The average Bonchev–Trinajstić information content (AvgIpc) is 3.28. The number of aliphatic hydroxyl groups is 1. The Balaban J connectivity index is 0.991. The Morgan fingerprint density at radius 1 is 0.476 bits per heavy atom. The van der Waals surface area contributed by atoms with E-state index in [2.05, 4.69) is 86.6 Å². The molecule has 2 aromatic heterocycles. The zero-order valence-corrected chi connectivity index (χ0v) is 36.7. The van der Waals surface area contributed by atoms with Crippen LogP contribution >= 0.6 is 0 Å². The summed E-state index contributed by atoms with van der Waals surface area (Å²) < 4.78 is 35.6. The Morgan fingerprint density at radius 3 is 1.44 bits per heavy atom. The number of aryl methyl sites for hydroxylation is 2. The molecule has 0 amide bonds. The number of carbonyl (C=O) groups excluding carboxylic acids is 1. The van der Waals surface area contributed by atoms with Gasteiger partial charge < -0.3 is 33.5 Å². The van der Waals surface area contributed by atoms with Crippen LogP contribution in [0.25, 0.3) is 44.1 Å². The summed E-state index contributed by atoms with van der Waals surface area (Å²) in [5.41, 5.74) is 11.0. The average molecular weight is 853 g/mol. The lowest BCUT2D eigenvalue weighted by Crippen LogP contribution is -2.09. The van der Waals surface area contributed by atoms with Crippen molar-refractivity contribution in [3.63, 3.8) is 0 Å². The van der Waals surface area contributed by atoms with Gasteiger partial charge in [0, 0.05) is 66.4 Å². The summed E-state index contributed by atoms with van der Waals surface area (Å²) in [5.74, 6) is -0.0479. The van der Waals surface area contributed by atoms with E-state index < -0.39 is 0 Å². The predicted molar refractivity (Wildman–Crippen MR) is 248 cm³/mol. The maximum absolute atomic E-state index is 12.4. The van der Waals surface area contributed by atoms with Crippen molar-refractivity contribution in [2.24, 2.45) is 0 Å². The largest absolute Gasteiger partial charge is 0.512 e. The first-order chi connectivity index (χ1) is 30.9. The summed E-state index contributed by atoms with van der Waals surface area (Å²) in [6.45, 7) is 10.0. The molecule has 7 rings (SSSR count). The Labute approximate surface area is 371 Å². The molecule has 3 heterocycles. The highest BCUT2D eigenvalue weighted by Gasteiger charge is 2.13. The molecule has 0 radical (unpaired) electrons. The van der Waals surface area contributed by atoms with Gasteiger partial charge in [-0.3, -0.25) is 14.8 Å². The summed E-state index contributed by atoms with van der Waals surface area (Å²) >= 11 is 0. The SMILES string of the molecule is Cc1cc2cc(c1)-c1nccc3c(cccc13)COCCOCCCC(=O)C=C(O)CCCOCCOCc1cccc3c(nccc13)-c1cc(C)cc(c1)CCOCCOCC2. The molecule has 10 nitrogen and oxygen atoms in total. The molecule has 0 aliphatic carbocycles. The number of benzene rings is 4. The third-order valence-electron chi connectivity index (χ3n) is 11.1. The standard InChI is InChI=1S/C53H60N2O8/c1-38-29-40-15-21-60-23-24-61-22-16-41-30-39(2)32-45(34-41)53-51-12-4-8-43(49(51)14-18-55-53)37-63-28-26-59-20-6-10-47(57)35-46(56)9-5-19-58-25-27-62-36-42-7-3-11-50-48(42)13-17-54-52(50)44(31-38)33-40/h3-4,7-8,11-14,17-18,29-35,56H,5-6,9-10,15-16,19-28,36-37H2,1-2H3. The van der Waals surface area contributed by atoms with Gasteiger partial charge in [-0.05, 0) is 109 Å². The lowest BCUT2D eigenvalue weighted by Gasteiger charge is -2.13. The second kappa shape index (κ2) is 23.9. The zero-order valence-electron chi connectivity index (χ0n) is 36.7. The summed E-state index contributed by atoms with van der Waals surface area (Å²) in [6.07, 6.45) is 8.48. The number of hydrogen-bond acceptors (Lipinski definition) is 10. The van der Waals surface area contributed by atoms with Crippen molar-refractivity contribution in [1.29, 1.82) is 0 Å². The number of allylic oxidation sites excluding steroid dienone is 2. The van der Waals surface area contributed by atoms with E-state index in [1.807, 2.05) is 24.5 Å². The molecule has 0 atom stereocenters. The van der Waals surface area contributed by atoms with Crippen LogP contribution in [0.3, 0.4) is 0 Å². The van der Waals surface area contributed by atoms with Crippen LogP contribution < -0.4 is 0 Å². The molecule has 4 aromatic carbocycles. The van der Waals surface area contributed by atoms with Gasteiger partial charge in [0.2, 0.25) is 0 Å². The van der Waals surface area contributed by atoms with Crippen LogP contribution in [0.1, 0.15) is 59.1 Å². The van der Waals surface area contributed by atoms with E-state index >= 15 is 0 Å². The van der Waals surface area contributed by atoms with E-state index in [0.717, 1.165) is 68.0 Å². The fraction of sp³-hybridized carbons (Fsp3) is 0.377. The van der Waals surface area contributed by atoms with Crippen LogP contribution in [0.2, 0.25) is 0 Å². The molecule has 12 bridgehead atoms. The fourth-order valence-electron chi connectivity index (χ4n) is 8.08. The van der Waals surface area contributed by atoms with E-state index in [0.29, 0.717) is 105 Å². The van der Waals surface area contributed by atoms with Crippen LogP contribution in [-0.4, -0.2) is 86.9 Å².